The molecule has 1 aliphatic carbocycles. The van der Waals surface area contributed by atoms with Gasteiger partial charge in [-0.25, -0.2) is 0 Å². The third-order valence-electron chi connectivity index (χ3n) is 4.22. The molecule has 0 unspecified atom stereocenters. The smallest absolute Gasteiger partial charge is 0.310 e. The van der Waals surface area contributed by atoms with E-state index in [9.17, 15) is 19.8 Å². The second kappa shape index (κ2) is 5.26. The maximum Gasteiger partial charge on any atom is 0.310 e. The zero-order valence-corrected chi connectivity index (χ0v) is 10.6. The quantitative estimate of drug-likeness (QED) is 0.738. The lowest BCUT2D eigenvalue weighted by atomic mass is 9.77. The molecule has 1 aliphatic heterocycles. The number of hydrogen-bond donors (Lipinski definition) is 2. The Hall–Kier alpha value is -1.10. The summed E-state index contributed by atoms with van der Waals surface area (Å²) >= 11 is 0. The Balaban J connectivity index is 2.01. The molecule has 0 atom stereocenters. The predicted molar refractivity (Wildman–Crippen MR) is 65.0 cm³/mol. The third-order valence-corrected chi connectivity index (χ3v) is 4.22. The molecule has 1 heterocycles. The number of carbonyl (C=O) groups excluding carboxylic acids is 1. The van der Waals surface area contributed by atoms with E-state index < -0.39 is 17.5 Å². The van der Waals surface area contributed by atoms with Crippen LogP contribution in [0, 0.1) is 5.41 Å². The van der Waals surface area contributed by atoms with E-state index >= 15 is 0 Å². The van der Waals surface area contributed by atoms with Gasteiger partial charge in [0, 0.05) is 19.5 Å². The van der Waals surface area contributed by atoms with Gasteiger partial charge in [0.05, 0.1) is 11.5 Å². The number of amides is 1. The molecule has 18 heavy (non-hydrogen) atoms. The molecule has 2 N–H and O–H groups in total. The number of aliphatic hydroxyl groups is 1. The summed E-state index contributed by atoms with van der Waals surface area (Å²) in [5, 5.41) is 18.6. The van der Waals surface area contributed by atoms with Crippen LogP contribution in [-0.2, 0) is 9.59 Å². The number of aliphatic carboxylic acids is 1. The van der Waals surface area contributed by atoms with Crippen LogP contribution >= 0.6 is 0 Å². The Morgan fingerprint density at radius 3 is 2.11 bits per heavy atom. The summed E-state index contributed by atoms with van der Waals surface area (Å²) in [5.41, 5.74) is -0.867. The maximum absolute atomic E-state index is 12.0. The van der Waals surface area contributed by atoms with Crippen molar-refractivity contribution >= 4 is 11.9 Å². The van der Waals surface area contributed by atoms with E-state index in [2.05, 4.69) is 0 Å². The highest BCUT2D eigenvalue weighted by molar-refractivity contribution is 5.85. The number of nitrogens with zero attached hydrogens (tertiary/aromatic N) is 1. The molecule has 0 aromatic rings. The zero-order chi connectivity index (χ0) is 13.2. The summed E-state index contributed by atoms with van der Waals surface area (Å²) < 4.78 is 0. The summed E-state index contributed by atoms with van der Waals surface area (Å²) in [5.74, 6) is -0.955. The average Bonchev–Trinajstić information content (AvgIpc) is 2.51. The largest absolute Gasteiger partial charge is 0.481 e. The Bertz CT molecular complexity index is 328. The lowest BCUT2D eigenvalue weighted by molar-refractivity contribution is -0.157. The monoisotopic (exact) mass is 255 g/mol. The summed E-state index contributed by atoms with van der Waals surface area (Å²) in [6, 6.07) is 0. The molecule has 1 amide bonds. The summed E-state index contributed by atoms with van der Waals surface area (Å²) in [6.07, 6.45) is 4.77. The van der Waals surface area contributed by atoms with Crippen LogP contribution in [0.3, 0.4) is 0 Å². The normalized spacial score (nSPS) is 24.2. The van der Waals surface area contributed by atoms with Gasteiger partial charge in [0.15, 0.2) is 0 Å². The Labute approximate surface area is 107 Å². The standard InChI is InChI=1S/C13H21NO4/c15-10-8-14(9-10)11(16)7-13(12(17)18)5-3-1-2-4-6-13/h10,15H,1-9H2,(H,17,18). The lowest BCUT2D eigenvalue weighted by Crippen LogP contribution is -2.54. The fourth-order valence-electron chi connectivity index (χ4n) is 2.93. The minimum Gasteiger partial charge on any atom is -0.481 e. The van der Waals surface area contributed by atoms with Gasteiger partial charge in [-0.15, -0.1) is 0 Å². The van der Waals surface area contributed by atoms with Gasteiger partial charge in [-0.05, 0) is 12.8 Å². The Morgan fingerprint density at radius 1 is 1.11 bits per heavy atom. The summed E-state index contributed by atoms with van der Waals surface area (Å²) in [4.78, 5) is 25.1. The molecule has 1 saturated heterocycles. The fraction of sp³-hybridized carbons (Fsp3) is 0.846. The van der Waals surface area contributed by atoms with Gasteiger partial charge in [-0.1, -0.05) is 25.7 Å². The molecule has 0 bridgehead atoms. The minimum atomic E-state index is -0.867. The van der Waals surface area contributed by atoms with Crippen molar-refractivity contribution in [2.24, 2.45) is 5.41 Å². The van der Waals surface area contributed by atoms with Crippen LogP contribution in [0.2, 0.25) is 0 Å². The van der Waals surface area contributed by atoms with Gasteiger partial charge >= 0.3 is 5.97 Å². The molecule has 0 spiro atoms. The van der Waals surface area contributed by atoms with Crippen molar-refractivity contribution in [1.29, 1.82) is 0 Å². The number of carboxylic acid groups (broad SMARTS) is 1. The number of hydrogen-bond acceptors (Lipinski definition) is 3. The van der Waals surface area contributed by atoms with Crippen LogP contribution in [0.5, 0.6) is 0 Å². The maximum atomic E-state index is 12.0. The first kappa shape index (κ1) is 13.3. The fourth-order valence-corrected chi connectivity index (χ4v) is 2.93. The van der Waals surface area contributed by atoms with E-state index in [0.717, 1.165) is 25.7 Å². The first-order valence-corrected chi connectivity index (χ1v) is 6.73. The number of carbonyl (C=O) groups is 2. The Morgan fingerprint density at radius 2 is 1.67 bits per heavy atom. The van der Waals surface area contributed by atoms with Gasteiger partial charge in [-0.2, -0.15) is 0 Å². The van der Waals surface area contributed by atoms with Gasteiger partial charge in [0.1, 0.15) is 0 Å². The van der Waals surface area contributed by atoms with Gasteiger partial charge in [0.2, 0.25) is 5.91 Å². The minimum absolute atomic E-state index is 0.0923. The first-order chi connectivity index (χ1) is 8.53. The molecular formula is C13H21NO4. The molecule has 0 aromatic carbocycles. The molecule has 2 fully saturated rings. The number of aliphatic hydroxyl groups excluding tert-OH is 1. The van der Waals surface area contributed by atoms with Gasteiger partial charge < -0.3 is 15.1 Å². The Kier molecular flexibility index (Phi) is 3.90. The van der Waals surface area contributed by atoms with E-state index in [0.29, 0.717) is 25.9 Å². The molecule has 102 valence electrons. The number of β-amino-alcohol motifs (C(OH)–C–C–N with tert-alkyl or cyclic N) is 1. The molecule has 1 saturated carbocycles. The molecule has 0 radical (unpaired) electrons. The van der Waals surface area contributed by atoms with Crippen molar-refractivity contribution < 1.29 is 19.8 Å². The van der Waals surface area contributed by atoms with E-state index in [1.165, 1.54) is 0 Å². The molecule has 5 nitrogen and oxygen atoms in total. The molecular weight excluding hydrogens is 234 g/mol. The van der Waals surface area contributed by atoms with Crippen molar-refractivity contribution in [2.45, 2.75) is 51.0 Å². The van der Waals surface area contributed by atoms with Crippen molar-refractivity contribution in [3.63, 3.8) is 0 Å². The molecule has 2 aliphatic rings. The second-order valence-corrected chi connectivity index (χ2v) is 5.63. The molecule has 5 heteroatoms. The van der Waals surface area contributed by atoms with Crippen molar-refractivity contribution in [3.05, 3.63) is 0 Å². The molecule has 2 rings (SSSR count). The predicted octanol–water partition coefficient (Wildman–Crippen LogP) is 1.00. The average molecular weight is 255 g/mol. The van der Waals surface area contributed by atoms with Crippen LogP contribution in [0.4, 0.5) is 0 Å². The summed E-state index contributed by atoms with van der Waals surface area (Å²) in [6.45, 7) is 0.711. The van der Waals surface area contributed by atoms with E-state index in [1.807, 2.05) is 0 Å². The van der Waals surface area contributed by atoms with Crippen molar-refractivity contribution in [2.75, 3.05) is 13.1 Å². The van der Waals surface area contributed by atoms with Gasteiger partial charge in [0.25, 0.3) is 0 Å². The zero-order valence-electron chi connectivity index (χ0n) is 10.6. The third kappa shape index (κ3) is 2.66. The van der Waals surface area contributed by atoms with Gasteiger partial charge in [-0.3, -0.25) is 9.59 Å². The van der Waals surface area contributed by atoms with Crippen LogP contribution in [0.1, 0.15) is 44.9 Å². The van der Waals surface area contributed by atoms with Crippen LogP contribution in [0.15, 0.2) is 0 Å². The number of likely N-dealkylation sites (tertiary alicyclic amines) is 1. The highest BCUT2D eigenvalue weighted by atomic mass is 16.4. The summed E-state index contributed by atoms with van der Waals surface area (Å²) in [7, 11) is 0. The first-order valence-electron chi connectivity index (χ1n) is 6.73. The SMILES string of the molecule is O=C(CC1(C(=O)O)CCCCCC1)N1CC(O)C1. The van der Waals surface area contributed by atoms with E-state index in [4.69, 9.17) is 0 Å². The highest BCUT2D eigenvalue weighted by Crippen LogP contribution is 2.39. The lowest BCUT2D eigenvalue weighted by Gasteiger charge is -2.38. The topological polar surface area (TPSA) is 77.8 Å². The van der Waals surface area contributed by atoms with E-state index in [1.54, 1.807) is 4.90 Å². The van der Waals surface area contributed by atoms with Crippen molar-refractivity contribution in [1.82, 2.24) is 4.90 Å². The highest BCUT2D eigenvalue weighted by Gasteiger charge is 2.42. The van der Waals surface area contributed by atoms with Crippen LogP contribution < -0.4 is 0 Å². The van der Waals surface area contributed by atoms with E-state index in [-0.39, 0.29) is 12.3 Å². The number of carboxylic acids is 1. The second-order valence-electron chi connectivity index (χ2n) is 5.63. The number of rotatable bonds is 3. The van der Waals surface area contributed by atoms with Crippen molar-refractivity contribution in [3.8, 4) is 0 Å². The van der Waals surface area contributed by atoms with Crippen LogP contribution in [-0.4, -0.2) is 46.2 Å². The molecule has 0 aromatic heterocycles. The van der Waals surface area contributed by atoms with Crippen LogP contribution in [0.25, 0.3) is 0 Å².